The number of amides is 1. The van der Waals surface area contributed by atoms with Gasteiger partial charge in [-0.1, -0.05) is 6.07 Å². The second-order valence-electron chi connectivity index (χ2n) is 6.38. The number of nitrogens with zero attached hydrogens (tertiary/aromatic N) is 3. The van der Waals surface area contributed by atoms with E-state index in [4.69, 9.17) is 4.74 Å². The molecule has 0 aliphatic carbocycles. The molecule has 0 spiro atoms. The summed E-state index contributed by atoms with van der Waals surface area (Å²) in [6, 6.07) is 4.34. The fraction of sp³-hybridized carbons (Fsp3) is 0.529. The molecule has 1 N–H and O–H groups in total. The molecule has 0 bridgehead atoms. The van der Waals surface area contributed by atoms with Gasteiger partial charge in [0.05, 0.1) is 18.6 Å². The van der Waals surface area contributed by atoms with Crippen molar-refractivity contribution in [2.45, 2.75) is 38.0 Å². The van der Waals surface area contributed by atoms with Crippen LogP contribution in [0.2, 0.25) is 0 Å². The zero-order valence-electron chi connectivity index (χ0n) is 13.6. The average Bonchev–Trinajstić information content (AvgIpc) is 3.31. The van der Waals surface area contributed by atoms with Gasteiger partial charge in [-0.3, -0.25) is 9.69 Å². The molecule has 0 unspecified atom stereocenters. The number of hydrogen-bond donors (Lipinski definition) is 1. The molecule has 6 nitrogen and oxygen atoms in total. The third kappa shape index (κ3) is 3.24. The van der Waals surface area contributed by atoms with Gasteiger partial charge in [-0.15, -0.1) is 11.3 Å². The van der Waals surface area contributed by atoms with Crippen LogP contribution < -0.4 is 5.32 Å². The van der Waals surface area contributed by atoms with E-state index >= 15 is 0 Å². The van der Waals surface area contributed by atoms with E-state index in [-0.39, 0.29) is 11.9 Å². The van der Waals surface area contributed by atoms with Crippen molar-refractivity contribution in [2.24, 2.45) is 0 Å². The van der Waals surface area contributed by atoms with Gasteiger partial charge in [0.15, 0.2) is 0 Å². The van der Waals surface area contributed by atoms with Gasteiger partial charge in [-0.25, -0.2) is 4.98 Å². The van der Waals surface area contributed by atoms with Crippen LogP contribution in [0.3, 0.4) is 0 Å². The molecule has 1 atom stereocenters. The minimum Gasteiger partial charge on any atom is -0.381 e. The molecule has 1 amide bonds. The predicted octanol–water partition coefficient (Wildman–Crippen LogP) is 1.80. The summed E-state index contributed by atoms with van der Waals surface area (Å²) in [6.07, 6.45) is 5.74. The lowest BCUT2D eigenvalue weighted by Crippen LogP contribution is -2.49. The Morgan fingerprint density at radius 1 is 1.42 bits per heavy atom. The van der Waals surface area contributed by atoms with Crippen LogP contribution in [0, 0.1) is 0 Å². The normalized spacial score (nSPS) is 22.2. The Morgan fingerprint density at radius 2 is 2.29 bits per heavy atom. The van der Waals surface area contributed by atoms with Gasteiger partial charge in [0, 0.05) is 43.4 Å². The molecule has 4 heterocycles. The maximum atomic E-state index is 12.8. The molecule has 2 aromatic rings. The third-order valence-corrected chi connectivity index (χ3v) is 5.76. The second-order valence-corrected chi connectivity index (χ2v) is 7.41. The van der Waals surface area contributed by atoms with Crippen molar-refractivity contribution in [1.29, 1.82) is 0 Å². The van der Waals surface area contributed by atoms with Crippen molar-refractivity contribution in [2.75, 3.05) is 19.8 Å². The number of rotatable bonds is 4. The number of carbonyl (C=O) groups is 1. The van der Waals surface area contributed by atoms with E-state index in [1.807, 2.05) is 28.3 Å². The smallest absolute Gasteiger partial charge is 0.244 e. The highest BCUT2D eigenvalue weighted by Crippen LogP contribution is 2.26. The summed E-state index contributed by atoms with van der Waals surface area (Å²) in [5.41, 5.74) is 1.11. The molecule has 2 aliphatic rings. The number of nitrogens with one attached hydrogen (secondary N) is 1. The molecular formula is C17H22N4O2S. The van der Waals surface area contributed by atoms with E-state index in [9.17, 15) is 4.79 Å². The van der Waals surface area contributed by atoms with Crippen LogP contribution in [-0.4, -0.2) is 46.2 Å². The summed E-state index contributed by atoms with van der Waals surface area (Å²) in [4.78, 5) is 20.6. The van der Waals surface area contributed by atoms with Crippen LogP contribution in [0.5, 0.6) is 0 Å². The summed E-state index contributed by atoms with van der Waals surface area (Å²) in [5.74, 6) is 0.0689. The quantitative estimate of drug-likeness (QED) is 0.917. The van der Waals surface area contributed by atoms with Gasteiger partial charge >= 0.3 is 0 Å². The molecule has 1 fully saturated rings. The molecule has 24 heavy (non-hydrogen) atoms. The Morgan fingerprint density at radius 3 is 3.08 bits per heavy atom. The molecule has 128 valence electrons. The Kier molecular flexibility index (Phi) is 4.64. The highest BCUT2D eigenvalue weighted by molar-refractivity contribution is 7.09. The van der Waals surface area contributed by atoms with E-state index in [0.717, 1.165) is 44.8 Å². The first-order chi connectivity index (χ1) is 11.8. The fourth-order valence-electron chi connectivity index (χ4n) is 3.56. The van der Waals surface area contributed by atoms with Crippen molar-refractivity contribution >= 4 is 17.2 Å². The van der Waals surface area contributed by atoms with Crippen LogP contribution in [0.4, 0.5) is 0 Å². The van der Waals surface area contributed by atoms with Crippen molar-refractivity contribution < 1.29 is 9.53 Å². The van der Waals surface area contributed by atoms with Gasteiger partial charge in [0.1, 0.15) is 6.04 Å². The number of imidazole rings is 1. The van der Waals surface area contributed by atoms with E-state index in [0.29, 0.717) is 12.6 Å². The topological polar surface area (TPSA) is 59.4 Å². The molecule has 7 heteroatoms. The lowest BCUT2D eigenvalue weighted by molar-refractivity contribution is -0.126. The van der Waals surface area contributed by atoms with Crippen molar-refractivity contribution in [1.82, 2.24) is 19.8 Å². The van der Waals surface area contributed by atoms with Gasteiger partial charge in [-0.2, -0.15) is 0 Å². The summed E-state index contributed by atoms with van der Waals surface area (Å²) in [5, 5.41) is 5.11. The molecule has 0 saturated carbocycles. The third-order valence-electron chi connectivity index (χ3n) is 4.88. The van der Waals surface area contributed by atoms with Gasteiger partial charge in [0.2, 0.25) is 5.91 Å². The monoisotopic (exact) mass is 346 g/mol. The predicted molar refractivity (Wildman–Crippen MR) is 91.7 cm³/mol. The molecular weight excluding hydrogens is 324 g/mol. The standard InChI is InChI=1S/C17H22N4O2S/c22-17(19-9-15-2-1-7-24-15)16-11-20(13-3-5-23-6-4-13)10-14-8-18-12-21(14)16/h1-2,7-8,12-13,16H,3-6,9-11H2,(H,19,22)/t16-/m0/s1. The zero-order chi connectivity index (χ0) is 16.4. The van der Waals surface area contributed by atoms with Crippen LogP contribution >= 0.6 is 11.3 Å². The minimum atomic E-state index is -0.209. The zero-order valence-corrected chi connectivity index (χ0v) is 14.4. The maximum absolute atomic E-state index is 12.8. The summed E-state index contributed by atoms with van der Waals surface area (Å²) in [7, 11) is 0. The van der Waals surface area contributed by atoms with Crippen molar-refractivity contribution in [3.8, 4) is 0 Å². The van der Waals surface area contributed by atoms with E-state index in [2.05, 4.69) is 15.2 Å². The Bertz CT molecular complexity index is 679. The summed E-state index contributed by atoms with van der Waals surface area (Å²) < 4.78 is 7.50. The number of fused-ring (bicyclic) bond motifs is 1. The maximum Gasteiger partial charge on any atom is 0.244 e. The minimum absolute atomic E-state index is 0.0689. The number of hydrogen-bond acceptors (Lipinski definition) is 5. The van der Waals surface area contributed by atoms with Crippen LogP contribution in [-0.2, 0) is 22.6 Å². The molecule has 1 saturated heterocycles. The lowest BCUT2D eigenvalue weighted by atomic mass is 10.0. The van der Waals surface area contributed by atoms with Crippen molar-refractivity contribution in [3.63, 3.8) is 0 Å². The molecule has 2 aliphatic heterocycles. The van der Waals surface area contributed by atoms with E-state index in [1.54, 1.807) is 17.7 Å². The number of carbonyl (C=O) groups excluding carboxylic acids is 1. The summed E-state index contributed by atoms with van der Waals surface area (Å²) >= 11 is 1.66. The fourth-order valence-corrected chi connectivity index (χ4v) is 4.21. The number of aromatic nitrogens is 2. The average molecular weight is 346 g/mol. The highest BCUT2D eigenvalue weighted by Gasteiger charge is 2.33. The van der Waals surface area contributed by atoms with Crippen molar-refractivity contribution in [3.05, 3.63) is 40.6 Å². The molecule has 2 aromatic heterocycles. The van der Waals surface area contributed by atoms with Crippen LogP contribution in [0.1, 0.15) is 29.5 Å². The molecule has 0 radical (unpaired) electrons. The van der Waals surface area contributed by atoms with E-state index in [1.165, 1.54) is 4.88 Å². The first-order valence-corrected chi connectivity index (χ1v) is 9.32. The second kappa shape index (κ2) is 7.04. The Hall–Kier alpha value is -1.70. The van der Waals surface area contributed by atoms with E-state index < -0.39 is 0 Å². The first-order valence-electron chi connectivity index (χ1n) is 8.44. The SMILES string of the molecule is O=C(NCc1cccs1)[C@@H]1CN(C2CCOCC2)Cc2cncn21. The van der Waals surface area contributed by atoms with Crippen LogP contribution in [0.25, 0.3) is 0 Å². The Labute approximate surface area is 145 Å². The summed E-state index contributed by atoms with van der Waals surface area (Å²) in [6.45, 7) is 3.82. The molecule has 0 aromatic carbocycles. The largest absolute Gasteiger partial charge is 0.381 e. The number of ether oxygens (including phenoxy) is 1. The Balaban J connectivity index is 1.47. The van der Waals surface area contributed by atoms with Crippen LogP contribution in [0.15, 0.2) is 30.0 Å². The number of thiophene rings is 1. The van der Waals surface area contributed by atoms with Gasteiger partial charge in [-0.05, 0) is 24.3 Å². The lowest BCUT2D eigenvalue weighted by Gasteiger charge is -2.40. The van der Waals surface area contributed by atoms with Gasteiger partial charge in [0.25, 0.3) is 0 Å². The molecule has 4 rings (SSSR count). The first kappa shape index (κ1) is 15.8. The van der Waals surface area contributed by atoms with Gasteiger partial charge < -0.3 is 14.6 Å². The highest BCUT2D eigenvalue weighted by atomic mass is 32.1.